The molecule has 0 atom stereocenters. The third-order valence-electron chi connectivity index (χ3n) is 2.66. The normalized spacial score (nSPS) is 10.1. The summed E-state index contributed by atoms with van der Waals surface area (Å²) in [4.78, 5) is 11.1. The third-order valence-corrected chi connectivity index (χ3v) is 2.66. The smallest absolute Gasteiger partial charge is 0.336 e. The molecule has 0 unspecified atom stereocenters. The number of aromatic carboxylic acids is 1. The standard InChI is InChI=1S/C15H11FO2/c1-10(11-5-3-2-4-6-11)14-9-12(16)7-8-13(14)15(17)18/h2-9H,1H2,(H,17,18). The van der Waals surface area contributed by atoms with Crippen LogP contribution in [0.1, 0.15) is 21.5 Å². The number of carboxylic acid groups (broad SMARTS) is 1. The van der Waals surface area contributed by atoms with Crippen molar-refractivity contribution in [2.75, 3.05) is 0 Å². The number of benzene rings is 2. The highest BCUT2D eigenvalue weighted by atomic mass is 19.1. The summed E-state index contributed by atoms with van der Waals surface area (Å²) in [7, 11) is 0. The van der Waals surface area contributed by atoms with Gasteiger partial charge in [0.15, 0.2) is 0 Å². The quantitative estimate of drug-likeness (QED) is 0.893. The molecule has 2 nitrogen and oxygen atoms in total. The van der Waals surface area contributed by atoms with Crippen LogP contribution in [-0.2, 0) is 0 Å². The van der Waals surface area contributed by atoms with Gasteiger partial charge in [-0.2, -0.15) is 0 Å². The van der Waals surface area contributed by atoms with Gasteiger partial charge in [0.25, 0.3) is 0 Å². The van der Waals surface area contributed by atoms with Gasteiger partial charge in [-0.05, 0) is 34.9 Å². The van der Waals surface area contributed by atoms with Crippen LogP contribution in [0.25, 0.3) is 5.57 Å². The first-order valence-electron chi connectivity index (χ1n) is 5.37. The van der Waals surface area contributed by atoms with E-state index in [1.165, 1.54) is 12.1 Å². The van der Waals surface area contributed by atoms with E-state index in [4.69, 9.17) is 5.11 Å². The molecule has 0 aliphatic rings. The summed E-state index contributed by atoms with van der Waals surface area (Å²) in [6, 6.07) is 12.7. The van der Waals surface area contributed by atoms with Crippen molar-refractivity contribution in [3.8, 4) is 0 Å². The zero-order valence-corrected chi connectivity index (χ0v) is 9.56. The molecule has 0 aliphatic carbocycles. The van der Waals surface area contributed by atoms with Crippen LogP contribution in [-0.4, -0.2) is 11.1 Å². The number of hydrogen-bond donors (Lipinski definition) is 1. The number of carboxylic acids is 1. The molecule has 0 radical (unpaired) electrons. The molecule has 2 aromatic rings. The zero-order valence-electron chi connectivity index (χ0n) is 9.56. The maximum Gasteiger partial charge on any atom is 0.336 e. The summed E-state index contributed by atoms with van der Waals surface area (Å²) in [6.45, 7) is 3.85. The Morgan fingerprint density at radius 1 is 1.06 bits per heavy atom. The fourth-order valence-corrected chi connectivity index (χ4v) is 1.75. The van der Waals surface area contributed by atoms with Crippen molar-refractivity contribution >= 4 is 11.5 Å². The van der Waals surface area contributed by atoms with Crippen molar-refractivity contribution in [2.45, 2.75) is 0 Å². The number of halogens is 1. The molecule has 0 fully saturated rings. The van der Waals surface area contributed by atoms with Gasteiger partial charge in [0.1, 0.15) is 5.82 Å². The Balaban J connectivity index is 2.54. The van der Waals surface area contributed by atoms with E-state index in [9.17, 15) is 9.18 Å². The number of hydrogen-bond acceptors (Lipinski definition) is 1. The van der Waals surface area contributed by atoms with E-state index in [1.807, 2.05) is 18.2 Å². The molecule has 1 N–H and O–H groups in total. The van der Waals surface area contributed by atoms with Gasteiger partial charge >= 0.3 is 5.97 Å². The summed E-state index contributed by atoms with van der Waals surface area (Å²) >= 11 is 0. The minimum absolute atomic E-state index is 0.0465. The van der Waals surface area contributed by atoms with Crippen molar-refractivity contribution in [2.24, 2.45) is 0 Å². The largest absolute Gasteiger partial charge is 0.478 e. The lowest BCUT2D eigenvalue weighted by Crippen LogP contribution is -2.03. The molecule has 90 valence electrons. The molecule has 0 saturated heterocycles. The Morgan fingerprint density at radius 2 is 1.72 bits per heavy atom. The first kappa shape index (κ1) is 12.0. The summed E-state index contributed by atoms with van der Waals surface area (Å²) in [5.74, 6) is -1.57. The highest BCUT2D eigenvalue weighted by molar-refractivity contribution is 5.96. The van der Waals surface area contributed by atoms with Gasteiger partial charge in [-0.25, -0.2) is 9.18 Å². The van der Waals surface area contributed by atoms with Gasteiger partial charge < -0.3 is 5.11 Å². The SMILES string of the molecule is C=C(c1ccccc1)c1cc(F)ccc1C(=O)O. The summed E-state index contributed by atoms with van der Waals surface area (Å²) < 4.78 is 13.3. The highest BCUT2D eigenvalue weighted by Gasteiger charge is 2.14. The van der Waals surface area contributed by atoms with Gasteiger partial charge in [0.05, 0.1) is 5.56 Å². The number of rotatable bonds is 3. The molecule has 2 rings (SSSR count). The van der Waals surface area contributed by atoms with Crippen molar-refractivity contribution in [3.05, 3.63) is 77.6 Å². The van der Waals surface area contributed by atoms with Crippen molar-refractivity contribution in [1.82, 2.24) is 0 Å². The molecule has 0 saturated carbocycles. The van der Waals surface area contributed by atoms with Crippen molar-refractivity contribution < 1.29 is 14.3 Å². The van der Waals surface area contributed by atoms with Gasteiger partial charge in [0.2, 0.25) is 0 Å². The molecule has 0 spiro atoms. The minimum atomic E-state index is -1.10. The first-order valence-corrected chi connectivity index (χ1v) is 5.37. The predicted octanol–water partition coefficient (Wildman–Crippen LogP) is 3.59. The fourth-order valence-electron chi connectivity index (χ4n) is 1.75. The second-order valence-corrected chi connectivity index (χ2v) is 3.84. The van der Waals surface area contributed by atoms with E-state index in [0.29, 0.717) is 11.1 Å². The van der Waals surface area contributed by atoms with Crippen molar-refractivity contribution in [1.29, 1.82) is 0 Å². The molecule has 0 heterocycles. The highest BCUT2D eigenvalue weighted by Crippen LogP contribution is 2.25. The van der Waals surface area contributed by atoms with Crippen LogP contribution < -0.4 is 0 Å². The van der Waals surface area contributed by atoms with Gasteiger partial charge in [-0.15, -0.1) is 0 Å². The average molecular weight is 242 g/mol. The van der Waals surface area contributed by atoms with Crippen LogP contribution in [0.2, 0.25) is 0 Å². The second-order valence-electron chi connectivity index (χ2n) is 3.84. The van der Waals surface area contributed by atoms with Crippen molar-refractivity contribution in [3.63, 3.8) is 0 Å². The molecule has 0 amide bonds. The summed E-state index contributed by atoms with van der Waals surface area (Å²) in [6.07, 6.45) is 0. The Kier molecular flexibility index (Phi) is 3.24. The summed E-state index contributed by atoms with van der Waals surface area (Å²) in [5.41, 5.74) is 1.61. The molecule has 0 aliphatic heterocycles. The van der Waals surface area contributed by atoms with E-state index in [2.05, 4.69) is 6.58 Å². The van der Waals surface area contributed by atoms with Crippen LogP contribution in [0.5, 0.6) is 0 Å². The van der Waals surface area contributed by atoms with Gasteiger partial charge in [-0.1, -0.05) is 36.9 Å². The Bertz CT molecular complexity index is 603. The zero-order chi connectivity index (χ0) is 13.1. The lowest BCUT2D eigenvalue weighted by molar-refractivity contribution is 0.0696. The van der Waals surface area contributed by atoms with Crippen LogP contribution in [0.4, 0.5) is 4.39 Å². The average Bonchev–Trinajstić information content (AvgIpc) is 2.38. The van der Waals surface area contributed by atoms with E-state index < -0.39 is 11.8 Å². The molecule has 3 heteroatoms. The summed E-state index contributed by atoms with van der Waals surface area (Å²) in [5, 5.41) is 9.09. The molecule has 18 heavy (non-hydrogen) atoms. The lowest BCUT2D eigenvalue weighted by Gasteiger charge is -2.09. The van der Waals surface area contributed by atoms with Crippen LogP contribution in [0.3, 0.4) is 0 Å². The third kappa shape index (κ3) is 2.30. The molecule has 0 bridgehead atoms. The molecule has 0 aromatic heterocycles. The fraction of sp³-hybridized carbons (Fsp3) is 0. The van der Waals surface area contributed by atoms with E-state index in [-0.39, 0.29) is 5.56 Å². The molecule has 2 aromatic carbocycles. The van der Waals surface area contributed by atoms with E-state index >= 15 is 0 Å². The first-order chi connectivity index (χ1) is 8.59. The second kappa shape index (κ2) is 4.84. The van der Waals surface area contributed by atoms with Crippen LogP contribution in [0.15, 0.2) is 55.1 Å². The minimum Gasteiger partial charge on any atom is -0.478 e. The Hall–Kier alpha value is -2.42. The van der Waals surface area contributed by atoms with E-state index in [1.54, 1.807) is 12.1 Å². The van der Waals surface area contributed by atoms with Crippen LogP contribution >= 0.6 is 0 Å². The Labute approximate surface area is 104 Å². The lowest BCUT2D eigenvalue weighted by atomic mass is 9.95. The number of carbonyl (C=O) groups is 1. The Morgan fingerprint density at radius 3 is 2.33 bits per heavy atom. The predicted molar refractivity (Wildman–Crippen MR) is 67.9 cm³/mol. The molecular weight excluding hydrogens is 231 g/mol. The topological polar surface area (TPSA) is 37.3 Å². The van der Waals surface area contributed by atoms with E-state index in [0.717, 1.165) is 11.6 Å². The maximum atomic E-state index is 13.3. The monoisotopic (exact) mass is 242 g/mol. The van der Waals surface area contributed by atoms with Crippen LogP contribution in [0, 0.1) is 5.82 Å². The molecular formula is C15H11FO2. The maximum absolute atomic E-state index is 13.3. The van der Waals surface area contributed by atoms with Gasteiger partial charge in [-0.3, -0.25) is 0 Å². The van der Waals surface area contributed by atoms with Gasteiger partial charge in [0, 0.05) is 0 Å².